The van der Waals surface area contributed by atoms with Crippen molar-refractivity contribution in [3.8, 4) is 5.75 Å². The fourth-order valence-electron chi connectivity index (χ4n) is 2.53. The molecule has 116 valence electrons. The Bertz CT molecular complexity index is 491. The third-order valence-corrected chi connectivity index (χ3v) is 5.18. The number of methoxy groups -OCH3 is 1. The number of hydrogen-bond donors (Lipinski definition) is 2. The molecule has 1 saturated carbocycles. The van der Waals surface area contributed by atoms with E-state index in [1.807, 2.05) is 24.3 Å². The number of benzene rings is 1. The Balaban J connectivity index is 2.13. The summed E-state index contributed by atoms with van der Waals surface area (Å²) in [5.74, 6) is 1.62. The molecule has 1 aromatic carbocycles. The van der Waals surface area contributed by atoms with Gasteiger partial charge in [0.15, 0.2) is 0 Å². The third-order valence-electron chi connectivity index (χ3n) is 3.93. The van der Waals surface area contributed by atoms with Gasteiger partial charge in [-0.25, -0.2) is 0 Å². The molecule has 0 aliphatic heterocycles. The molecule has 1 unspecified atom stereocenters. The van der Waals surface area contributed by atoms with E-state index in [-0.39, 0.29) is 5.91 Å². The lowest BCUT2D eigenvalue weighted by Gasteiger charge is -2.32. The van der Waals surface area contributed by atoms with Gasteiger partial charge in [0.25, 0.3) is 0 Å². The van der Waals surface area contributed by atoms with E-state index < -0.39 is 5.54 Å². The van der Waals surface area contributed by atoms with Crippen LogP contribution in [0.25, 0.3) is 0 Å². The summed E-state index contributed by atoms with van der Waals surface area (Å²) in [5, 5.41) is 3.42. The van der Waals surface area contributed by atoms with Gasteiger partial charge in [-0.1, -0.05) is 19.1 Å². The molecule has 1 atom stereocenters. The van der Waals surface area contributed by atoms with Crippen LogP contribution >= 0.6 is 11.8 Å². The number of primary amides is 1. The van der Waals surface area contributed by atoms with Gasteiger partial charge in [0, 0.05) is 10.6 Å². The summed E-state index contributed by atoms with van der Waals surface area (Å²) < 4.78 is 5.37. The predicted molar refractivity (Wildman–Crippen MR) is 86.7 cm³/mol. The summed E-state index contributed by atoms with van der Waals surface area (Å²) in [6.07, 6.45) is 3.14. The molecular weight excluding hydrogens is 284 g/mol. The van der Waals surface area contributed by atoms with Crippen LogP contribution in [-0.2, 0) is 4.79 Å². The minimum atomic E-state index is -0.596. The van der Waals surface area contributed by atoms with E-state index >= 15 is 0 Å². The molecule has 0 saturated heterocycles. The number of para-hydroxylation sites is 1. The highest BCUT2D eigenvalue weighted by Gasteiger charge is 2.49. The highest BCUT2D eigenvalue weighted by Crippen LogP contribution is 2.43. The molecule has 4 nitrogen and oxygen atoms in total. The fraction of sp³-hybridized carbons (Fsp3) is 0.562. The lowest BCUT2D eigenvalue weighted by atomic mass is 9.94. The van der Waals surface area contributed by atoms with Crippen LogP contribution in [0.3, 0.4) is 0 Å². The second-order valence-electron chi connectivity index (χ2n) is 5.48. The van der Waals surface area contributed by atoms with Crippen LogP contribution in [0.5, 0.6) is 5.75 Å². The highest BCUT2D eigenvalue weighted by molar-refractivity contribution is 7.99. The summed E-state index contributed by atoms with van der Waals surface area (Å²) >= 11 is 1.64. The van der Waals surface area contributed by atoms with Crippen LogP contribution in [0.4, 0.5) is 0 Å². The minimum absolute atomic E-state index is 0.235. The second kappa shape index (κ2) is 7.18. The van der Waals surface area contributed by atoms with Crippen LogP contribution in [0, 0.1) is 5.92 Å². The maximum Gasteiger partial charge on any atom is 0.238 e. The normalized spacial score (nSPS) is 17.2. The number of nitrogens with one attached hydrogen (secondary N) is 1. The number of ether oxygens (including phenoxy) is 1. The number of thioether (sulfide) groups is 1. The summed E-state index contributed by atoms with van der Waals surface area (Å²) in [6.45, 7) is 2.91. The van der Waals surface area contributed by atoms with Gasteiger partial charge >= 0.3 is 0 Å². The van der Waals surface area contributed by atoms with E-state index in [0.29, 0.717) is 11.7 Å². The second-order valence-corrected chi connectivity index (χ2v) is 6.49. The Morgan fingerprint density at radius 2 is 2.19 bits per heavy atom. The molecule has 0 aromatic heterocycles. The maximum atomic E-state index is 12.1. The van der Waals surface area contributed by atoms with Crippen molar-refractivity contribution >= 4 is 17.7 Å². The zero-order valence-corrected chi connectivity index (χ0v) is 13.5. The number of amides is 1. The first-order valence-corrected chi connectivity index (χ1v) is 8.43. The number of rotatable bonds is 9. The Kier molecular flexibility index (Phi) is 5.53. The molecule has 0 bridgehead atoms. The van der Waals surface area contributed by atoms with Crippen molar-refractivity contribution in [2.24, 2.45) is 11.7 Å². The van der Waals surface area contributed by atoms with Gasteiger partial charge in [-0.05, 0) is 43.9 Å². The summed E-state index contributed by atoms with van der Waals surface area (Å²) in [4.78, 5) is 13.1. The maximum absolute atomic E-state index is 12.1. The van der Waals surface area contributed by atoms with Gasteiger partial charge < -0.3 is 15.8 Å². The van der Waals surface area contributed by atoms with Gasteiger partial charge in [-0.15, -0.1) is 11.8 Å². The van der Waals surface area contributed by atoms with E-state index in [9.17, 15) is 4.79 Å². The molecule has 1 fully saturated rings. The lowest BCUT2D eigenvalue weighted by Crippen LogP contribution is -2.59. The molecular formula is C16H24N2O2S. The Morgan fingerprint density at radius 3 is 2.76 bits per heavy atom. The van der Waals surface area contributed by atoms with Crippen LogP contribution in [0.1, 0.15) is 26.2 Å². The minimum Gasteiger partial charge on any atom is -0.496 e. The van der Waals surface area contributed by atoms with E-state index in [0.717, 1.165) is 36.5 Å². The van der Waals surface area contributed by atoms with Crippen LogP contribution in [0.15, 0.2) is 29.2 Å². The Morgan fingerprint density at radius 1 is 1.48 bits per heavy atom. The first kappa shape index (κ1) is 16.2. The summed E-state index contributed by atoms with van der Waals surface area (Å²) in [5.41, 5.74) is 5.15. The van der Waals surface area contributed by atoms with Crippen LogP contribution in [-0.4, -0.2) is 30.9 Å². The SMILES string of the molecule is CCCNC(CSc1ccccc1OC)(C(N)=O)C1CC1. The Labute approximate surface area is 130 Å². The van der Waals surface area contributed by atoms with Crippen molar-refractivity contribution < 1.29 is 9.53 Å². The van der Waals surface area contributed by atoms with E-state index in [1.165, 1.54) is 0 Å². The molecule has 2 rings (SSSR count). The van der Waals surface area contributed by atoms with Gasteiger partial charge in [-0.2, -0.15) is 0 Å². The van der Waals surface area contributed by atoms with Crippen molar-refractivity contribution in [3.05, 3.63) is 24.3 Å². The lowest BCUT2D eigenvalue weighted by molar-refractivity contribution is -0.124. The van der Waals surface area contributed by atoms with E-state index in [4.69, 9.17) is 10.5 Å². The molecule has 1 amide bonds. The predicted octanol–water partition coefficient (Wildman–Crippen LogP) is 2.42. The number of hydrogen-bond acceptors (Lipinski definition) is 4. The van der Waals surface area contributed by atoms with Crippen molar-refractivity contribution in [3.63, 3.8) is 0 Å². The van der Waals surface area contributed by atoms with Crippen molar-refractivity contribution in [1.29, 1.82) is 0 Å². The van der Waals surface area contributed by atoms with E-state index in [2.05, 4.69) is 12.2 Å². The monoisotopic (exact) mass is 308 g/mol. The summed E-state index contributed by atoms with van der Waals surface area (Å²) in [7, 11) is 1.66. The molecule has 0 radical (unpaired) electrons. The molecule has 1 aliphatic carbocycles. The van der Waals surface area contributed by atoms with Gasteiger partial charge in [0.2, 0.25) is 5.91 Å². The van der Waals surface area contributed by atoms with Crippen molar-refractivity contribution in [2.75, 3.05) is 19.4 Å². The molecule has 1 aliphatic rings. The Hall–Kier alpha value is -1.20. The number of carbonyl (C=O) groups excluding carboxylic acids is 1. The molecule has 1 aromatic rings. The molecule has 0 heterocycles. The molecule has 0 spiro atoms. The number of carbonyl (C=O) groups is 1. The smallest absolute Gasteiger partial charge is 0.238 e. The standard InChI is InChI=1S/C16H24N2O2S/c1-3-10-18-16(15(17)19,12-8-9-12)11-21-14-7-5-4-6-13(14)20-2/h4-7,12,18H,3,8-11H2,1-2H3,(H2,17,19). The summed E-state index contributed by atoms with van der Waals surface area (Å²) in [6, 6.07) is 7.88. The molecule has 3 N–H and O–H groups in total. The molecule has 5 heteroatoms. The van der Waals surface area contributed by atoms with Gasteiger partial charge in [0.1, 0.15) is 11.3 Å². The highest BCUT2D eigenvalue weighted by atomic mass is 32.2. The van der Waals surface area contributed by atoms with Gasteiger partial charge in [-0.3, -0.25) is 4.79 Å². The first-order valence-electron chi connectivity index (χ1n) is 7.44. The van der Waals surface area contributed by atoms with Crippen LogP contribution in [0.2, 0.25) is 0 Å². The van der Waals surface area contributed by atoms with Crippen molar-refractivity contribution in [2.45, 2.75) is 36.6 Å². The third kappa shape index (κ3) is 3.71. The van der Waals surface area contributed by atoms with Crippen molar-refractivity contribution in [1.82, 2.24) is 5.32 Å². The molecule has 21 heavy (non-hydrogen) atoms. The van der Waals surface area contributed by atoms with Gasteiger partial charge in [0.05, 0.1) is 7.11 Å². The number of nitrogens with two attached hydrogens (primary N) is 1. The average molecular weight is 308 g/mol. The quantitative estimate of drug-likeness (QED) is 0.688. The zero-order valence-electron chi connectivity index (χ0n) is 12.7. The van der Waals surface area contributed by atoms with Crippen LogP contribution < -0.4 is 15.8 Å². The largest absolute Gasteiger partial charge is 0.496 e. The van der Waals surface area contributed by atoms with E-state index in [1.54, 1.807) is 18.9 Å². The first-order chi connectivity index (χ1) is 10.1. The average Bonchev–Trinajstić information content (AvgIpc) is 3.33. The fourth-order valence-corrected chi connectivity index (χ4v) is 3.86. The zero-order chi connectivity index (χ0) is 15.3. The topological polar surface area (TPSA) is 64.3 Å².